The predicted octanol–water partition coefficient (Wildman–Crippen LogP) is 1.31. The molecule has 2 saturated heterocycles. The standard InChI is InChI=1S/C29H30O13/c1-2-14-15-6-7-39-27(38)17(15)11-40-28(14)42-29-22(25(35)23(33)19(10-30)41-29)21-18(32)9-16(20(24(21)34)26(36)37)12-4-3-5-13(31)8-12/h2-5,8-9,11,14-15,19,22-23,25,28-35H,1,6-7,10H2,(H,36,37)/t14-,15+,19-,22-,23-,25+,28+,29+/m1/s1. The van der Waals surface area contributed by atoms with Gasteiger partial charge in [0.15, 0.2) is 6.29 Å². The van der Waals surface area contributed by atoms with E-state index in [1.54, 1.807) is 0 Å². The lowest BCUT2D eigenvalue weighted by molar-refractivity contribution is -0.315. The molecule has 42 heavy (non-hydrogen) atoms. The smallest absolute Gasteiger partial charge is 0.340 e. The number of cyclic esters (lactones) is 1. The first-order chi connectivity index (χ1) is 20.1. The summed E-state index contributed by atoms with van der Waals surface area (Å²) in [6.07, 6.45) is -4.60. The number of aliphatic hydroxyl groups excluding tert-OH is 3. The molecule has 0 unspecified atom stereocenters. The number of aromatic carboxylic acids is 1. The fourth-order valence-corrected chi connectivity index (χ4v) is 5.78. The third-order valence-electron chi connectivity index (χ3n) is 7.85. The second-order valence-electron chi connectivity index (χ2n) is 10.2. The molecule has 0 radical (unpaired) electrons. The molecule has 3 aliphatic rings. The third kappa shape index (κ3) is 5.05. The molecule has 5 rings (SSSR count). The van der Waals surface area contributed by atoms with Crippen LogP contribution in [0.15, 0.2) is 54.8 Å². The monoisotopic (exact) mass is 586 g/mol. The first-order valence-electron chi connectivity index (χ1n) is 13.1. The molecule has 0 saturated carbocycles. The summed E-state index contributed by atoms with van der Waals surface area (Å²) in [6, 6.07) is 6.52. The Morgan fingerprint density at radius 1 is 1.12 bits per heavy atom. The maximum Gasteiger partial charge on any atom is 0.340 e. The predicted molar refractivity (Wildman–Crippen MR) is 141 cm³/mol. The fourth-order valence-electron chi connectivity index (χ4n) is 5.78. The van der Waals surface area contributed by atoms with Gasteiger partial charge in [-0.25, -0.2) is 9.59 Å². The number of carboxylic acid groups (broad SMARTS) is 1. The molecule has 7 N–H and O–H groups in total. The van der Waals surface area contributed by atoms with Crippen LogP contribution < -0.4 is 0 Å². The Balaban J connectivity index is 1.59. The van der Waals surface area contributed by atoms with Gasteiger partial charge in [-0.15, -0.1) is 6.58 Å². The van der Waals surface area contributed by atoms with Crippen LogP contribution in [0.2, 0.25) is 0 Å². The number of phenolic OH excluding ortho intramolecular Hbond substituents is 2. The van der Waals surface area contributed by atoms with E-state index < -0.39 is 89.8 Å². The molecule has 0 aromatic heterocycles. The summed E-state index contributed by atoms with van der Waals surface area (Å²) in [6.45, 7) is 3.22. The van der Waals surface area contributed by atoms with E-state index in [2.05, 4.69) is 6.58 Å². The summed E-state index contributed by atoms with van der Waals surface area (Å²) in [5, 5.41) is 74.0. The molecule has 224 valence electrons. The molecule has 2 aromatic rings. The van der Waals surface area contributed by atoms with Gasteiger partial charge in [-0.05, 0) is 30.2 Å². The molecule has 0 bridgehead atoms. The van der Waals surface area contributed by atoms with Crippen LogP contribution in [0.5, 0.6) is 17.2 Å². The van der Waals surface area contributed by atoms with E-state index in [1.807, 2.05) is 0 Å². The maximum absolute atomic E-state index is 12.3. The molecule has 0 aliphatic carbocycles. The normalized spacial score (nSPS) is 30.8. The van der Waals surface area contributed by atoms with Crippen molar-refractivity contribution in [2.75, 3.05) is 13.2 Å². The number of phenols is 3. The fraction of sp³-hybridized carbons (Fsp3) is 0.379. The number of aromatic hydroxyl groups is 3. The minimum absolute atomic E-state index is 0.140. The van der Waals surface area contributed by atoms with Crippen molar-refractivity contribution < 1.29 is 64.3 Å². The zero-order valence-electron chi connectivity index (χ0n) is 22.1. The number of esters is 1. The number of carbonyl (C=O) groups is 2. The van der Waals surface area contributed by atoms with Crippen molar-refractivity contribution in [3.63, 3.8) is 0 Å². The Labute approximate surface area is 239 Å². The average Bonchev–Trinajstić information content (AvgIpc) is 2.95. The minimum atomic E-state index is -1.84. The largest absolute Gasteiger partial charge is 0.508 e. The summed E-state index contributed by atoms with van der Waals surface area (Å²) in [4.78, 5) is 24.6. The van der Waals surface area contributed by atoms with Gasteiger partial charge in [0.25, 0.3) is 0 Å². The zero-order chi connectivity index (χ0) is 30.3. The lowest BCUT2D eigenvalue weighted by Crippen LogP contribution is -2.56. The highest BCUT2D eigenvalue weighted by Gasteiger charge is 2.51. The number of carbonyl (C=O) groups excluding carboxylic acids is 1. The van der Waals surface area contributed by atoms with Gasteiger partial charge in [-0.3, -0.25) is 0 Å². The number of ether oxygens (including phenoxy) is 4. The van der Waals surface area contributed by atoms with Gasteiger partial charge in [-0.2, -0.15) is 0 Å². The molecule has 13 nitrogen and oxygen atoms in total. The molecule has 3 heterocycles. The summed E-state index contributed by atoms with van der Waals surface area (Å²) >= 11 is 0. The van der Waals surface area contributed by atoms with E-state index in [-0.39, 0.29) is 29.1 Å². The molecular formula is C29H30O13. The lowest BCUT2D eigenvalue weighted by Gasteiger charge is -2.45. The number of rotatable bonds is 7. The van der Waals surface area contributed by atoms with Crippen LogP contribution in [0.4, 0.5) is 0 Å². The van der Waals surface area contributed by atoms with Crippen molar-refractivity contribution in [3.05, 3.63) is 65.9 Å². The van der Waals surface area contributed by atoms with Crippen LogP contribution in [0.25, 0.3) is 11.1 Å². The van der Waals surface area contributed by atoms with Crippen LogP contribution in [0.1, 0.15) is 28.3 Å². The van der Waals surface area contributed by atoms with Crippen LogP contribution in [0.3, 0.4) is 0 Å². The highest BCUT2D eigenvalue weighted by molar-refractivity contribution is 6.00. The van der Waals surface area contributed by atoms with Crippen molar-refractivity contribution in [3.8, 4) is 28.4 Å². The highest BCUT2D eigenvalue weighted by atomic mass is 16.8. The van der Waals surface area contributed by atoms with Crippen LogP contribution >= 0.6 is 0 Å². The number of carboxylic acids is 1. The summed E-state index contributed by atoms with van der Waals surface area (Å²) < 4.78 is 22.6. The van der Waals surface area contributed by atoms with Crippen molar-refractivity contribution >= 4 is 11.9 Å². The molecule has 0 amide bonds. The number of hydrogen-bond donors (Lipinski definition) is 7. The van der Waals surface area contributed by atoms with Gasteiger partial charge < -0.3 is 54.7 Å². The van der Waals surface area contributed by atoms with Crippen LogP contribution in [-0.4, -0.2) is 91.8 Å². The molecule has 8 atom stereocenters. The second kappa shape index (κ2) is 11.6. The molecule has 2 fully saturated rings. The Kier molecular flexibility index (Phi) is 8.12. The van der Waals surface area contributed by atoms with Gasteiger partial charge in [0.1, 0.15) is 35.0 Å². The first kappa shape index (κ1) is 29.4. The highest BCUT2D eigenvalue weighted by Crippen LogP contribution is 2.49. The van der Waals surface area contributed by atoms with E-state index in [1.165, 1.54) is 36.6 Å². The topological polar surface area (TPSA) is 213 Å². The Bertz CT molecular complexity index is 1420. The second-order valence-corrected chi connectivity index (χ2v) is 10.2. The minimum Gasteiger partial charge on any atom is -0.508 e. The average molecular weight is 587 g/mol. The summed E-state index contributed by atoms with van der Waals surface area (Å²) in [5.41, 5.74) is -0.869. The van der Waals surface area contributed by atoms with Crippen LogP contribution in [-0.2, 0) is 23.7 Å². The van der Waals surface area contributed by atoms with Gasteiger partial charge in [0, 0.05) is 23.0 Å². The Hall–Kier alpha value is -4.14. The molecule has 0 spiro atoms. The maximum atomic E-state index is 12.3. The quantitative estimate of drug-likeness (QED) is 0.180. The van der Waals surface area contributed by atoms with E-state index in [9.17, 15) is 45.3 Å². The molecular weight excluding hydrogens is 556 g/mol. The summed E-state index contributed by atoms with van der Waals surface area (Å²) in [5.74, 6) is -6.57. The van der Waals surface area contributed by atoms with Gasteiger partial charge in [-0.1, -0.05) is 18.2 Å². The molecule has 3 aliphatic heterocycles. The first-order valence-corrected chi connectivity index (χ1v) is 13.1. The number of hydrogen-bond acceptors (Lipinski definition) is 12. The number of aliphatic hydroxyl groups is 3. The number of benzene rings is 2. The number of fused-ring (bicyclic) bond motifs is 1. The molecule has 13 heteroatoms. The van der Waals surface area contributed by atoms with E-state index >= 15 is 0 Å². The Morgan fingerprint density at radius 2 is 1.88 bits per heavy atom. The van der Waals surface area contributed by atoms with Crippen molar-refractivity contribution in [2.45, 2.75) is 43.2 Å². The lowest BCUT2D eigenvalue weighted by atomic mass is 9.80. The summed E-state index contributed by atoms with van der Waals surface area (Å²) in [7, 11) is 0. The van der Waals surface area contributed by atoms with E-state index in [0.29, 0.717) is 6.42 Å². The van der Waals surface area contributed by atoms with Crippen molar-refractivity contribution in [2.24, 2.45) is 11.8 Å². The van der Waals surface area contributed by atoms with Gasteiger partial charge in [0.2, 0.25) is 6.29 Å². The van der Waals surface area contributed by atoms with Crippen molar-refractivity contribution in [1.29, 1.82) is 0 Å². The van der Waals surface area contributed by atoms with Gasteiger partial charge in [0.05, 0.1) is 37.1 Å². The third-order valence-corrected chi connectivity index (χ3v) is 7.85. The van der Waals surface area contributed by atoms with Gasteiger partial charge >= 0.3 is 11.9 Å². The molecule has 2 aromatic carbocycles. The Morgan fingerprint density at radius 3 is 2.55 bits per heavy atom. The van der Waals surface area contributed by atoms with E-state index in [0.717, 1.165) is 6.07 Å². The van der Waals surface area contributed by atoms with Crippen LogP contribution in [0, 0.1) is 11.8 Å². The zero-order valence-corrected chi connectivity index (χ0v) is 22.1. The van der Waals surface area contributed by atoms with E-state index in [4.69, 9.17) is 18.9 Å². The SMILES string of the molecule is C=C[C@H]1[C@H](O[C@@H]2O[C@H](CO)[C@@H](O)[C@@H](O)[C@H]2c2c(O)cc(-c3cccc(O)c3)c(C(=O)O)c2O)OC=C2C(=O)OCC[C@H]21. The van der Waals surface area contributed by atoms with Crippen molar-refractivity contribution in [1.82, 2.24) is 0 Å².